The molecule has 0 aromatic heterocycles. The van der Waals surface area contributed by atoms with Crippen LogP contribution in [0.5, 0.6) is 0 Å². The first-order valence-electron chi connectivity index (χ1n) is 8.47. The summed E-state index contributed by atoms with van der Waals surface area (Å²) in [5, 5.41) is 12.6. The zero-order valence-corrected chi connectivity index (χ0v) is 13.4. The van der Waals surface area contributed by atoms with Crippen molar-refractivity contribution in [3.63, 3.8) is 0 Å². The van der Waals surface area contributed by atoms with Gasteiger partial charge in [0.2, 0.25) is 0 Å². The third-order valence-electron chi connectivity index (χ3n) is 5.11. The molecule has 1 aromatic carbocycles. The highest BCUT2D eigenvalue weighted by Gasteiger charge is 2.36. The van der Waals surface area contributed by atoms with Crippen molar-refractivity contribution in [3.05, 3.63) is 35.6 Å². The van der Waals surface area contributed by atoms with Crippen LogP contribution < -0.4 is 5.32 Å². The molecule has 0 bridgehead atoms. The number of aliphatic carboxylic acids is 1. The highest BCUT2D eigenvalue weighted by atomic mass is 19.1. The number of halogens is 1. The first-order chi connectivity index (χ1) is 11.0. The molecule has 3 rings (SSSR count). The molecule has 1 aromatic rings. The van der Waals surface area contributed by atoms with E-state index in [1.54, 1.807) is 0 Å². The molecule has 2 fully saturated rings. The predicted octanol–water partition coefficient (Wildman–Crippen LogP) is 2.29. The number of hydrogen-bond donors (Lipinski definition) is 2. The third kappa shape index (κ3) is 4.75. The molecular formula is C18H25FN2O2. The van der Waals surface area contributed by atoms with Crippen molar-refractivity contribution < 1.29 is 14.3 Å². The van der Waals surface area contributed by atoms with E-state index in [0.717, 1.165) is 44.5 Å². The number of carbonyl (C=O) groups is 1. The van der Waals surface area contributed by atoms with Crippen LogP contribution in [0.25, 0.3) is 0 Å². The van der Waals surface area contributed by atoms with Crippen LogP contribution >= 0.6 is 0 Å². The summed E-state index contributed by atoms with van der Waals surface area (Å²) < 4.78 is 13.1. The van der Waals surface area contributed by atoms with E-state index >= 15 is 0 Å². The topological polar surface area (TPSA) is 52.6 Å². The van der Waals surface area contributed by atoms with Crippen molar-refractivity contribution in [1.82, 2.24) is 10.2 Å². The van der Waals surface area contributed by atoms with Gasteiger partial charge >= 0.3 is 5.97 Å². The molecule has 2 N–H and O–H groups in total. The van der Waals surface area contributed by atoms with E-state index in [1.165, 1.54) is 25.0 Å². The fourth-order valence-electron chi connectivity index (χ4n) is 3.48. The van der Waals surface area contributed by atoms with Crippen molar-refractivity contribution in [3.8, 4) is 0 Å². The maximum atomic E-state index is 13.1. The Hall–Kier alpha value is -1.46. The smallest absolute Gasteiger partial charge is 0.317 e. The average Bonchev–Trinajstić information content (AvgIpc) is 3.34. The third-order valence-corrected chi connectivity index (χ3v) is 5.11. The minimum Gasteiger partial charge on any atom is -0.480 e. The molecule has 1 aliphatic carbocycles. The van der Waals surface area contributed by atoms with Crippen LogP contribution in [0.1, 0.15) is 31.2 Å². The molecule has 0 radical (unpaired) electrons. The summed E-state index contributed by atoms with van der Waals surface area (Å²) in [5.41, 5.74) is 1.31. The number of piperidine rings is 1. The quantitative estimate of drug-likeness (QED) is 0.809. The Kier molecular flexibility index (Phi) is 4.97. The van der Waals surface area contributed by atoms with Crippen molar-refractivity contribution in [2.75, 3.05) is 26.2 Å². The van der Waals surface area contributed by atoms with Gasteiger partial charge in [-0.3, -0.25) is 9.69 Å². The van der Waals surface area contributed by atoms with E-state index < -0.39 is 5.97 Å². The van der Waals surface area contributed by atoms with Crippen molar-refractivity contribution in [2.24, 2.45) is 5.41 Å². The molecule has 1 heterocycles. The number of carboxylic acid groups (broad SMARTS) is 1. The fourth-order valence-corrected chi connectivity index (χ4v) is 3.48. The van der Waals surface area contributed by atoms with Crippen LogP contribution in [-0.2, 0) is 11.2 Å². The zero-order valence-electron chi connectivity index (χ0n) is 13.4. The maximum Gasteiger partial charge on any atom is 0.317 e. The summed E-state index contributed by atoms with van der Waals surface area (Å²) in [4.78, 5) is 12.9. The Balaban J connectivity index is 1.64. The maximum absolute atomic E-state index is 13.1. The molecule has 5 heteroatoms. The molecule has 0 unspecified atom stereocenters. The molecule has 126 valence electrons. The van der Waals surface area contributed by atoms with Crippen LogP contribution in [0.4, 0.5) is 4.39 Å². The van der Waals surface area contributed by atoms with Gasteiger partial charge in [-0.1, -0.05) is 12.1 Å². The lowest BCUT2D eigenvalue weighted by Crippen LogP contribution is -2.47. The van der Waals surface area contributed by atoms with Crippen molar-refractivity contribution >= 4 is 5.97 Å². The van der Waals surface area contributed by atoms with E-state index in [2.05, 4.69) is 5.32 Å². The van der Waals surface area contributed by atoms with Crippen LogP contribution in [0.3, 0.4) is 0 Å². The lowest BCUT2D eigenvalue weighted by molar-refractivity contribution is -0.138. The number of carboxylic acids is 1. The zero-order chi connectivity index (χ0) is 16.3. The first kappa shape index (κ1) is 16.4. The summed E-state index contributed by atoms with van der Waals surface area (Å²) in [6, 6.07) is 7.46. The Labute approximate surface area is 136 Å². The molecule has 0 atom stereocenters. The van der Waals surface area contributed by atoms with E-state index in [9.17, 15) is 9.18 Å². The molecule has 23 heavy (non-hydrogen) atoms. The minimum absolute atomic E-state index is 0.128. The van der Waals surface area contributed by atoms with Gasteiger partial charge in [-0.05, 0) is 68.3 Å². The molecule has 4 nitrogen and oxygen atoms in total. The summed E-state index contributed by atoms with van der Waals surface area (Å²) in [7, 11) is 0. The summed E-state index contributed by atoms with van der Waals surface area (Å²) in [6.45, 7) is 2.73. The van der Waals surface area contributed by atoms with Gasteiger partial charge in [0.1, 0.15) is 5.82 Å². The highest BCUT2D eigenvalue weighted by Crippen LogP contribution is 2.35. The number of rotatable bonds is 7. The largest absolute Gasteiger partial charge is 0.480 e. The Morgan fingerprint density at radius 2 is 1.91 bits per heavy atom. The molecule has 2 aliphatic rings. The Morgan fingerprint density at radius 3 is 2.48 bits per heavy atom. The second-order valence-electron chi connectivity index (χ2n) is 7.13. The van der Waals surface area contributed by atoms with Crippen LogP contribution in [0.2, 0.25) is 0 Å². The minimum atomic E-state index is -0.757. The Bertz CT molecular complexity index is 534. The van der Waals surface area contributed by atoms with Crippen molar-refractivity contribution in [2.45, 2.75) is 38.1 Å². The highest BCUT2D eigenvalue weighted by molar-refractivity contribution is 5.69. The fraction of sp³-hybridized carbons (Fsp3) is 0.611. The lowest BCUT2D eigenvalue weighted by Gasteiger charge is -2.42. The summed E-state index contributed by atoms with van der Waals surface area (Å²) in [5.74, 6) is -0.956. The lowest BCUT2D eigenvalue weighted by atomic mass is 9.73. The monoisotopic (exact) mass is 320 g/mol. The SMILES string of the molecule is O=C(O)CN1CCC(CNC2CC2)(Cc2ccc(F)cc2)CC1. The van der Waals surface area contributed by atoms with Crippen LogP contribution in [0, 0.1) is 11.2 Å². The second-order valence-corrected chi connectivity index (χ2v) is 7.13. The van der Waals surface area contributed by atoms with Gasteiger partial charge < -0.3 is 10.4 Å². The van der Waals surface area contributed by atoms with E-state index in [1.807, 2.05) is 17.0 Å². The molecule has 1 saturated carbocycles. The summed E-state index contributed by atoms with van der Waals surface area (Å²) in [6.07, 6.45) is 5.41. The van der Waals surface area contributed by atoms with E-state index in [-0.39, 0.29) is 17.8 Å². The van der Waals surface area contributed by atoms with Gasteiger partial charge in [0.15, 0.2) is 0 Å². The van der Waals surface area contributed by atoms with Crippen molar-refractivity contribution in [1.29, 1.82) is 0 Å². The molecular weight excluding hydrogens is 295 g/mol. The standard InChI is InChI=1S/C18H25FN2O2/c19-15-3-1-14(2-4-15)11-18(13-20-16-5-6-16)7-9-21(10-8-18)12-17(22)23/h1-4,16,20H,5-13H2,(H,22,23). The second kappa shape index (κ2) is 6.97. The summed E-state index contributed by atoms with van der Waals surface area (Å²) >= 11 is 0. The molecule has 1 saturated heterocycles. The van der Waals surface area contributed by atoms with E-state index in [4.69, 9.17) is 5.11 Å². The first-order valence-corrected chi connectivity index (χ1v) is 8.47. The predicted molar refractivity (Wildman–Crippen MR) is 86.9 cm³/mol. The van der Waals surface area contributed by atoms with Gasteiger partial charge in [0.05, 0.1) is 6.54 Å². The van der Waals surface area contributed by atoms with Crippen LogP contribution in [0.15, 0.2) is 24.3 Å². The van der Waals surface area contributed by atoms with Gasteiger partial charge in [0.25, 0.3) is 0 Å². The van der Waals surface area contributed by atoms with Gasteiger partial charge in [0, 0.05) is 12.6 Å². The number of hydrogen-bond acceptors (Lipinski definition) is 3. The number of likely N-dealkylation sites (tertiary alicyclic amines) is 1. The van der Waals surface area contributed by atoms with Gasteiger partial charge in [-0.2, -0.15) is 0 Å². The van der Waals surface area contributed by atoms with Gasteiger partial charge in [-0.15, -0.1) is 0 Å². The Morgan fingerprint density at radius 1 is 1.26 bits per heavy atom. The van der Waals surface area contributed by atoms with Crippen LogP contribution in [-0.4, -0.2) is 48.2 Å². The molecule has 0 spiro atoms. The number of nitrogens with one attached hydrogen (secondary N) is 1. The average molecular weight is 320 g/mol. The molecule has 1 aliphatic heterocycles. The number of benzene rings is 1. The molecule has 0 amide bonds. The number of nitrogens with zero attached hydrogens (tertiary/aromatic N) is 1. The van der Waals surface area contributed by atoms with Gasteiger partial charge in [-0.25, -0.2) is 4.39 Å². The van der Waals surface area contributed by atoms with E-state index in [0.29, 0.717) is 6.04 Å². The normalized spacial score (nSPS) is 21.3.